The van der Waals surface area contributed by atoms with E-state index in [0.717, 1.165) is 25.0 Å². The van der Waals surface area contributed by atoms with E-state index in [4.69, 9.17) is 4.52 Å². The van der Waals surface area contributed by atoms with Gasteiger partial charge in [-0.2, -0.15) is 0 Å². The Labute approximate surface area is 154 Å². The van der Waals surface area contributed by atoms with Gasteiger partial charge in [-0.25, -0.2) is 0 Å². The third-order valence-electron chi connectivity index (χ3n) is 5.93. The van der Waals surface area contributed by atoms with E-state index < -0.39 is 0 Å². The Morgan fingerprint density at radius 2 is 2.08 bits per heavy atom. The second-order valence-electron chi connectivity index (χ2n) is 8.11. The molecule has 1 aromatic heterocycles. The van der Waals surface area contributed by atoms with Crippen molar-refractivity contribution in [1.29, 1.82) is 0 Å². The topological polar surface area (TPSA) is 66.6 Å². The van der Waals surface area contributed by atoms with Crippen molar-refractivity contribution in [2.24, 2.45) is 5.92 Å². The molecule has 26 heavy (non-hydrogen) atoms. The summed E-state index contributed by atoms with van der Waals surface area (Å²) in [5.41, 5.74) is 3.13. The number of fused-ring (bicyclic) bond motifs is 2. The van der Waals surface area contributed by atoms with Crippen molar-refractivity contribution in [3.8, 4) is 0 Å². The Morgan fingerprint density at radius 3 is 2.81 bits per heavy atom. The van der Waals surface area contributed by atoms with E-state index in [1.54, 1.807) is 6.07 Å². The molecule has 5 heteroatoms. The molecule has 1 aliphatic carbocycles. The Hall–Kier alpha value is -2.14. The summed E-state index contributed by atoms with van der Waals surface area (Å²) in [6.07, 6.45) is 2.72. The molecule has 1 atom stereocenters. The first-order chi connectivity index (χ1) is 12.5. The third-order valence-corrected chi connectivity index (χ3v) is 5.93. The van der Waals surface area contributed by atoms with Gasteiger partial charge in [-0.1, -0.05) is 43.3 Å². The molecule has 138 valence electrons. The number of aliphatic hydroxyl groups excluding tert-OH is 1. The fourth-order valence-electron chi connectivity index (χ4n) is 4.56. The first-order valence-corrected chi connectivity index (χ1v) is 9.51. The van der Waals surface area contributed by atoms with Crippen LogP contribution in [0.4, 0.5) is 0 Å². The number of benzene rings is 1. The molecule has 1 unspecified atom stereocenters. The van der Waals surface area contributed by atoms with Crippen LogP contribution < -0.4 is 0 Å². The fourth-order valence-corrected chi connectivity index (χ4v) is 4.56. The molecule has 2 aromatic rings. The number of hydrogen-bond donors (Lipinski definition) is 1. The molecule has 2 heterocycles. The van der Waals surface area contributed by atoms with Crippen molar-refractivity contribution < 1.29 is 14.4 Å². The summed E-state index contributed by atoms with van der Waals surface area (Å²) in [6.45, 7) is 5.49. The number of carbonyl (C=O) groups is 1. The van der Waals surface area contributed by atoms with Crippen LogP contribution in [0, 0.1) is 5.92 Å². The number of rotatable bonds is 3. The van der Waals surface area contributed by atoms with Crippen LogP contribution >= 0.6 is 0 Å². The predicted molar refractivity (Wildman–Crippen MR) is 98.0 cm³/mol. The van der Waals surface area contributed by atoms with Crippen LogP contribution in [-0.2, 0) is 18.3 Å². The fraction of sp³-hybridized carbons (Fsp3) is 0.524. The maximum atomic E-state index is 12.8. The van der Waals surface area contributed by atoms with E-state index in [1.165, 1.54) is 11.1 Å². The maximum Gasteiger partial charge on any atom is 0.292 e. The molecule has 1 aromatic carbocycles. The molecule has 1 amide bonds. The molecule has 2 aliphatic rings. The van der Waals surface area contributed by atoms with Crippen LogP contribution in [0.15, 0.2) is 34.9 Å². The quantitative estimate of drug-likeness (QED) is 0.920. The molecular formula is C21H26N2O3. The van der Waals surface area contributed by atoms with Crippen molar-refractivity contribution >= 4 is 5.91 Å². The highest BCUT2D eigenvalue weighted by molar-refractivity contribution is 5.91. The predicted octanol–water partition coefficient (Wildman–Crippen LogP) is 2.96. The number of nitrogens with zero attached hydrogens (tertiary/aromatic N) is 2. The van der Waals surface area contributed by atoms with E-state index in [0.29, 0.717) is 31.2 Å². The van der Waals surface area contributed by atoms with Gasteiger partial charge in [-0.3, -0.25) is 4.79 Å². The maximum absolute atomic E-state index is 12.8. The monoisotopic (exact) mass is 354 g/mol. The summed E-state index contributed by atoms with van der Waals surface area (Å²) < 4.78 is 5.28. The van der Waals surface area contributed by atoms with Crippen LogP contribution in [0.25, 0.3) is 0 Å². The average Bonchev–Trinajstić information content (AvgIpc) is 3.19. The minimum atomic E-state index is -0.361. The van der Waals surface area contributed by atoms with Gasteiger partial charge in [0.1, 0.15) is 0 Å². The number of amides is 1. The van der Waals surface area contributed by atoms with Crippen molar-refractivity contribution in [2.75, 3.05) is 13.1 Å². The van der Waals surface area contributed by atoms with Crippen LogP contribution in [0.3, 0.4) is 0 Å². The summed E-state index contributed by atoms with van der Waals surface area (Å²) in [5.74, 6) is 0.703. The molecule has 0 radical (unpaired) electrons. The van der Waals surface area contributed by atoms with Crippen LogP contribution in [-0.4, -0.2) is 40.3 Å². The van der Waals surface area contributed by atoms with Crippen molar-refractivity contribution in [3.05, 3.63) is 52.9 Å². The van der Waals surface area contributed by atoms with Crippen molar-refractivity contribution in [3.63, 3.8) is 0 Å². The largest absolute Gasteiger partial charge is 0.392 e. The van der Waals surface area contributed by atoms with Gasteiger partial charge in [0.2, 0.25) is 5.76 Å². The van der Waals surface area contributed by atoms with Gasteiger partial charge < -0.3 is 14.5 Å². The van der Waals surface area contributed by atoms with E-state index >= 15 is 0 Å². The SMILES string of the molecule is CC(C)Cc1cc(C(=O)N2CCC3(CC2)c2ccccc2CC3O)on1. The number of aromatic nitrogens is 1. The summed E-state index contributed by atoms with van der Waals surface area (Å²) >= 11 is 0. The normalized spacial score (nSPS) is 21.4. The Bertz CT molecular complexity index is 803. The van der Waals surface area contributed by atoms with Gasteiger partial charge in [-0.05, 0) is 42.7 Å². The van der Waals surface area contributed by atoms with Gasteiger partial charge in [0.25, 0.3) is 5.91 Å². The lowest BCUT2D eigenvalue weighted by molar-refractivity contribution is 0.0345. The molecule has 1 spiro atoms. The zero-order chi connectivity index (χ0) is 18.3. The van der Waals surface area contributed by atoms with Crippen LogP contribution in [0.1, 0.15) is 54.1 Å². The number of likely N-dealkylation sites (tertiary alicyclic amines) is 1. The lowest BCUT2D eigenvalue weighted by Crippen LogP contribution is -2.49. The second kappa shape index (κ2) is 6.54. The highest BCUT2D eigenvalue weighted by Gasteiger charge is 2.48. The Morgan fingerprint density at radius 1 is 1.35 bits per heavy atom. The summed E-state index contributed by atoms with van der Waals surface area (Å²) in [7, 11) is 0. The lowest BCUT2D eigenvalue weighted by atomic mass is 9.72. The molecule has 1 aliphatic heterocycles. The van der Waals surface area contributed by atoms with Gasteiger partial charge in [0, 0.05) is 24.6 Å². The molecule has 5 nitrogen and oxygen atoms in total. The van der Waals surface area contributed by atoms with Gasteiger partial charge in [0.05, 0.1) is 11.8 Å². The van der Waals surface area contributed by atoms with E-state index in [9.17, 15) is 9.90 Å². The van der Waals surface area contributed by atoms with Gasteiger partial charge in [-0.15, -0.1) is 0 Å². The molecule has 0 bridgehead atoms. The highest BCUT2D eigenvalue weighted by atomic mass is 16.5. The zero-order valence-corrected chi connectivity index (χ0v) is 15.4. The molecular weight excluding hydrogens is 328 g/mol. The third kappa shape index (κ3) is 2.84. The summed E-state index contributed by atoms with van der Waals surface area (Å²) in [4.78, 5) is 14.6. The Kier molecular flexibility index (Phi) is 4.35. The first kappa shape index (κ1) is 17.3. The number of hydrogen-bond acceptors (Lipinski definition) is 4. The van der Waals surface area contributed by atoms with Crippen molar-refractivity contribution in [1.82, 2.24) is 10.1 Å². The van der Waals surface area contributed by atoms with E-state index in [2.05, 4.69) is 31.1 Å². The highest BCUT2D eigenvalue weighted by Crippen LogP contribution is 2.46. The standard InChI is InChI=1S/C21H26N2O3/c1-14(2)11-16-13-18(26-22-16)20(25)23-9-7-21(8-10-23)17-6-4-3-5-15(17)12-19(21)24/h3-6,13-14,19,24H,7-12H2,1-2H3. The first-order valence-electron chi connectivity index (χ1n) is 9.51. The minimum absolute atomic E-state index is 0.0943. The smallest absolute Gasteiger partial charge is 0.292 e. The number of carbonyl (C=O) groups excluding carboxylic acids is 1. The summed E-state index contributed by atoms with van der Waals surface area (Å²) in [6, 6.07) is 10.1. The van der Waals surface area contributed by atoms with Crippen LogP contribution in [0.5, 0.6) is 0 Å². The number of piperidine rings is 1. The van der Waals surface area contributed by atoms with E-state index in [-0.39, 0.29) is 17.4 Å². The molecule has 1 N–H and O–H groups in total. The average molecular weight is 354 g/mol. The molecule has 1 fully saturated rings. The molecule has 1 saturated heterocycles. The molecule has 0 saturated carbocycles. The second-order valence-corrected chi connectivity index (χ2v) is 8.11. The number of aliphatic hydroxyl groups is 1. The van der Waals surface area contributed by atoms with E-state index in [1.807, 2.05) is 17.0 Å². The van der Waals surface area contributed by atoms with Crippen LogP contribution in [0.2, 0.25) is 0 Å². The minimum Gasteiger partial charge on any atom is -0.392 e. The van der Waals surface area contributed by atoms with Crippen molar-refractivity contribution in [2.45, 2.75) is 51.0 Å². The van der Waals surface area contributed by atoms with Gasteiger partial charge >= 0.3 is 0 Å². The Balaban J connectivity index is 1.47. The summed E-state index contributed by atoms with van der Waals surface area (Å²) in [5, 5.41) is 14.7. The molecule has 4 rings (SSSR count). The van der Waals surface area contributed by atoms with Gasteiger partial charge in [0.15, 0.2) is 0 Å². The lowest BCUT2D eigenvalue weighted by Gasteiger charge is -2.41. The zero-order valence-electron chi connectivity index (χ0n) is 15.4.